The van der Waals surface area contributed by atoms with Gasteiger partial charge in [0.2, 0.25) is 0 Å². The first-order valence-electron chi connectivity index (χ1n) is 10.8. The molecule has 32 heavy (non-hydrogen) atoms. The van der Waals surface area contributed by atoms with Crippen LogP contribution in [-0.2, 0) is 16.0 Å². The van der Waals surface area contributed by atoms with Crippen LogP contribution in [-0.4, -0.2) is 25.8 Å². The molecular formula is C28H27O4-. The van der Waals surface area contributed by atoms with Crippen LogP contribution in [0.5, 0.6) is 5.75 Å². The third-order valence-corrected chi connectivity index (χ3v) is 5.08. The largest absolute Gasteiger partial charge is 0.547 e. The number of carboxylic acids is 1. The Kier molecular flexibility index (Phi) is 8.92. The summed E-state index contributed by atoms with van der Waals surface area (Å²) >= 11 is 0. The van der Waals surface area contributed by atoms with E-state index in [0.717, 1.165) is 36.1 Å². The molecule has 0 saturated carbocycles. The lowest BCUT2D eigenvalue weighted by Crippen LogP contribution is -2.38. The van der Waals surface area contributed by atoms with E-state index in [-0.39, 0.29) is 6.42 Å². The Labute approximate surface area is 189 Å². The quantitative estimate of drug-likeness (QED) is 0.358. The fraction of sp³-hybridized carbons (Fsp3) is 0.250. The maximum atomic E-state index is 10.9. The molecule has 4 nitrogen and oxygen atoms in total. The number of carboxylic acid groups (broad SMARTS) is 1. The zero-order valence-corrected chi connectivity index (χ0v) is 18.3. The molecule has 0 aliphatic carbocycles. The van der Waals surface area contributed by atoms with Crippen molar-refractivity contribution in [3.05, 3.63) is 90.0 Å². The van der Waals surface area contributed by atoms with E-state index >= 15 is 0 Å². The zero-order chi connectivity index (χ0) is 22.6. The molecule has 0 spiro atoms. The normalized spacial score (nSPS) is 11.3. The van der Waals surface area contributed by atoms with Crippen molar-refractivity contribution in [2.24, 2.45) is 0 Å². The maximum absolute atomic E-state index is 10.9. The summed E-state index contributed by atoms with van der Waals surface area (Å²) < 4.78 is 10.7. The van der Waals surface area contributed by atoms with Gasteiger partial charge in [0.1, 0.15) is 11.9 Å². The highest BCUT2D eigenvalue weighted by Gasteiger charge is 2.09. The molecule has 0 heterocycles. The van der Waals surface area contributed by atoms with E-state index in [4.69, 9.17) is 9.47 Å². The SMILES string of the molecule is CO[C@@H](Cc1ccc(C#CCCCCOc2ccc(-c3ccccc3)cc2)cc1)C(=O)[O-]. The van der Waals surface area contributed by atoms with Crippen molar-refractivity contribution in [2.45, 2.75) is 31.8 Å². The Morgan fingerprint density at radius 1 is 0.906 bits per heavy atom. The number of carbonyl (C=O) groups is 1. The van der Waals surface area contributed by atoms with Crippen LogP contribution in [0, 0.1) is 11.8 Å². The fourth-order valence-electron chi connectivity index (χ4n) is 3.25. The van der Waals surface area contributed by atoms with E-state index in [1.807, 2.05) is 54.6 Å². The molecule has 0 aromatic heterocycles. The number of hydrogen-bond donors (Lipinski definition) is 0. The number of unbranched alkanes of at least 4 members (excludes halogenated alkanes) is 2. The molecule has 3 rings (SSSR count). The van der Waals surface area contributed by atoms with Gasteiger partial charge < -0.3 is 19.4 Å². The molecule has 164 valence electrons. The monoisotopic (exact) mass is 427 g/mol. The van der Waals surface area contributed by atoms with E-state index in [9.17, 15) is 9.90 Å². The van der Waals surface area contributed by atoms with Crippen molar-refractivity contribution >= 4 is 5.97 Å². The van der Waals surface area contributed by atoms with Crippen LogP contribution >= 0.6 is 0 Å². The second kappa shape index (κ2) is 12.3. The number of rotatable bonds is 10. The van der Waals surface area contributed by atoms with Gasteiger partial charge in [-0.1, -0.05) is 66.4 Å². The summed E-state index contributed by atoms with van der Waals surface area (Å²) in [5, 5.41) is 10.9. The Morgan fingerprint density at radius 2 is 1.59 bits per heavy atom. The van der Waals surface area contributed by atoms with E-state index in [1.54, 1.807) is 0 Å². The minimum atomic E-state index is -1.20. The van der Waals surface area contributed by atoms with Gasteiger partial charge >= 0.3 is 0 Å². The minimum absolute atomic E-state index is 0.279. The molecule has 0 saturated heterocycles. The summed E-state index contributed by atoms with van der Waals surface area (Å²) in [6.45, 7) is 0.667. The second-order valence-electron chi connectivity index (χ2n) is 7.44. The highest BCUT2D eigenvalue weighted by Crippen LogP contribution is 2.22. The molecule has 1 atom stereocenters. The van der Waals surface area contributed by atoms with Crippen LogP contribution in [0.1, 0.15) is 30.4 Å². The average Bonchev–Trinajstić information content (AvgIpc) is 2.83. The molecule has 0 unspecified atom stereocenters. The lowest BCUT2D eigenvalue weighted by molar-refractivity contribution is -0.315. The van der Waals surface area contributed by atoms with Crippen molar-refractivity contribution in [2.75, 3.05) is 13.7 Å². The predicted molar refractivity (Wildman–Crippen MR) is 124 cm³/mol. The third kappa shape index (κ3) is 7.30. The van der Waals surface area contributed by atoms with Crippen LogP contribution in [0.3, 0.4) is 0 Å². The Hall–Kier alpha value is -3.55. The van der Waals surface area contributed by atoms with Crippen molar-refractivity contribution in [1.82, 2.24) is 0 Å². The van der Waals surface area contributed by atoms with Gasteiger partial charge in [-0.05, 0) is 53.8 Å². The number of carbonyl (C=O) groups excluding carboxylic acids is 1. The molecule has 0 N–H and O–H groups in total. The number of aliphatic carboxylic acids is 1. The Balaban J connectivity index is 1.35. The van der Waals surface area contributed by atoms with E-state index in [2.05, 4.69) is 36.1 Å². The highest BCUT2D eigenvalue weighted by atomic mass is 16.5. The predicted octanol–water partition coefficient (Wildman–Crippen LogP) is 4.26. The van der Waals surface area contributed by atoms with Crippen LogP contribution in [0.4, 0.5) is 0 Å². The molecule has 3 aromatic carbocycles. The molecule has 0 fully saturated rings. The van der Waals surface area contributed by atoms with Gasteiger partial charge in [0.15, 0.2) is 0 Å². The summed E-state index contributed by atoms with van der Waals surface area (Å²) in [6.07, 6.45) is 2.05. The Morgan fingerprint density at radius 3 is 2.25 bits per heavy atom. The van der Waals surface area contributed by atoms with E-state index < -0.39 is 12.1 Å². The van der Waals surface area contributed by atoms with Crippen LogP contribution < -0.4 is 9.84 Å². The maximum Gasteiger partial charge on any atom is 0.119 e. The Bertz CT molecular complexity index is 1030. The van der Waals surface area contributed by atoms with Gasteiger partial charge in [-0.15, -0.1) is 0 Å². The summed E-state index contributed by atoms with van der Waals surface area (Å²) in [4.78, 5) is 10.9. The molecule has 3 aromatic rings. The van der Waals surface area contributed by atoms with Gasteiger partial charge in [0.05, 0.1) is 12.6 Å². The van der Waals surface area contributed by atoms with Gasteiger partial charge in [0.25, 0.3) is 0 Å². The molecule has 0 aliphatic heterocycles. The molecule has 4 heteroatoms. The summed E-state index contributed by atoms with van der Waals surface area (Å²) in [5.41, 5.74) is 4.16. The van der Waals surface area contributed by atoms with E-state index in [1.165, 1.54) is 18.2 Å². The minimum Gasteiger partial charge on any atom is -0.547 e. The van der Waals surface area contributed by atoms with E-state index in [0.29, 0.717) is 6.61 Å². The smallest absolute Gasteiger partial charge is 0.119 e. The summed E-state index contributed by atoms with van der Waals surface area (Å²) in [5.74, 6) is 6.00. The van der Waals surface area contributed by atoms with Crippen molar-refractivity contribution in [3.63, 3.8) is 0 Å². The molecular weight excluding hydrogens is 400 g/mol. The summed E-state index contributed by atoms with van der Waals surface area (Å²) in [7, 11) is 1.37. The second-order valence-corrected chi connectivity index (χ2v) is 7.44. The van der Waals surface area contributed by atoms with Gasteiger partial charge in [-0.25, -0.2) is 0 Å². The number of ether oxygens (including phenoxy) is 2. The number of benzene rings is 3. The van der Waals surface area contributed by atoms with Crippen LogP contribution in [0.15, 0.2) is 78.9 Å². The topological polar surface area (TPSA) is 58.6 Å². The fourth-order valence-corrected chi connectivity index (χ4v) is 3.25. The summed E-state index contributed by atoms with van der Waals surface area (Å²) in [6, 6.07) is 26.0. The molecule has 0 aliphatic rings. The highest BCUT2D eigenvalue weighted by molar-refractivity contribution is 5.70. The lowest BCUT2D eigenvalue weighted by Gasteiger charge is -2.15. The van der Waals surface area contributed by atoms with Gasteiger partial charge in [0, 0.05) is 25.5 Å². The standard InChI is InChI=1S/C28H28O4/c1-31-27(28(29)30)21-23-14-12-22(13-15-23)9-5-2-3-8-20-32-26-18-16-25(17-19-26)24-10-6-4-7-11-24/h4,6-7,10-19,27H,2-3,8,20-21H2,1H3,(H,29,30)/p-1/t27-/m0/s1. The first-order valence-corrected chi connectivity index (χ1v) is 10.8. The number of methoxy groups -OCH3 is 1. The van der Waals surface area contributed by atoms with Gasteiger partial charge in [-0.3, -0.25) is 0 Å². The average molecular weight is 428 g/mol. The molecule has 0 radical (unpaired) electrons. The molecule has 0 amide bonds. The van der Waals surface area contributed by atoms with Crippen molar-refractivity contribution in [3.8, 4) is 28.7 Å². The van der Waals surface area contributed by atoms with Crippen molar-refractivity contribution < 1.29 is 19.4 Å². The van der Waals surface area contributed by atoms with Gasteiger partial charge in [-0.2, -0.15) is 0 Å². The lowest BCUT2D eigenvalue weighted by atomic mass is 10.1. The third-order valence-electron chi connectivity index (χ3n) is 5.08. The molecule has 0 bridgehead atoms. The first kappa shape index (κ1) is 23.1. The zero-order valence-electron chi connectivity index (χ0n) is 18.3. The van der Waals surface area contributed by atoms with Crippen LogP contribution in [0.25, 0.3) is 11.1 Å². The number of hydrogen-bond acceptors (Lipinski definition) is 4. The van der Waals surface area contributed by atoms with Crippen LogP contribution in [0.2, 0.25) is 0 Å². The first-order chi connectivity index (χ1) is 15.7. The van der Waals surface area contributed by atoms with Crippen molar-refractivity contribution in [1.29, 1.82) is 0 Å².